The fraction of sp³-hybridized carbons (Fsp3) is 0.227. The average molecular weight is 397 g/mol. The fourth-order valence-corrected chi connectivity index (χ4v) is 2.55. The van der Waals surface area contributed by atoms with Gasteiger partial charge in [0.15, 0.2) is 11.4 Å². The van der Waals surface area contributed by atoms with Gasteiger partial charge in [0, 0.05) is 17.7 Å². The first kappa shape index (κ1) is 21.7. The van der Waals surface area contributed by atoms with Crippen LogP contribution in [0.2, 0.25) is 0 Å². The number of carbonyl (C=O) groups excluding carboxylic acids is 2. The highest BCUT2D eigenvalue weighted by atomic mass is 16.5. The topological polar surface area (TPSA) is 95.0 Å². The van der Waals surface area contributed by atoms with E-state index in [1.807, 2.05) is 32.0 Å². The minimum Gasteiger partial charge on any atom is -0.505 e. The average Bonchev–Trinajstić information content (AvgIpc) is 2.75. The maximum atomic E-state index is 11.9. The summed E-state index contributed by atoms with van der Waals surface area (Å²) < 4.78 is 15.5. The maximum absolute atomic E-state index is 11.9. The zero-order valence-electron chi connectivity index (χ0n) is 16.8. The van der Waals surface area contributed by atoms with Gasteiger partial charge in [-0.05, 0) is 30.3 Å². The van der Waals surface area contributed by atoms with Crippen molar-refractivity contribution >= 4 is 22.7 Å². The summed E-state index contributed by atoms with van der Waals surface area (Å²) in [7, 11) is 1.19. The Labute approximate surface area is 168 Å². The van der Waals surface area contributed by atoms with E-state index in [4.69, 9.17) is 9.47 Å². The van der Waals surface area contributed by atoms with Crippen molar-refractivity contribution in [2.45, 2.75) is 27.4 Å². The molecule has 1 N–H and O–H groups in total. The van der Waals surface area contributed by atoms with Gasteiger partial charge in [-0.1, -0.05) is 32.0 Å². The van der Waals surface area contributed by atoms with Crippen molar-refractivity contribution in [2.75, 3.05) is 7.11 Å². The molecule has 0 unspecified atom stereocenters. The normalized spacial score (nSPS) is 9.93. The molecule has 2 aromatic carbocycles. The zero-order chi connectivity index (χ0) is 21.4. The molecule has 29 heavy (non-hydrogen) atoms. The first-order valence-corrected chi connectivity index (χ1v) is 9.09. The molecule has 0 aliphatic rings. The summed E-state index contributed by atoms with van der Waals surface area (Å²) in [4.78, 5) is 27.2. The van der Waals surface area contributed by atoms with Crippen molar-refractivity contribution < 1.29 is 28.9 Å². The van der Waals surface area contributed by atoms with Crippen molar-refractivity contribution in [2.24, 2.45) is 0 Å². The van der Waals surface area contributed by atoms with E-state index >= 15 is 0 Å². The van der Waals surface area contributed by atoms with E-state index < -0.39 is 11.9 Å². The lowest BCUT2D eigenvalue weighted by Crippen LogP contribution is -2.09. The number of para-hydroxylation sites is 1. The molecule has 7 heteroatoms. The first-order valence-electron chi connectivity index (χ1n) is 9.09. The van der Waals surface area contributed by atoms with Crippen LogP contribution in [0.5, 0.6) is 17.2 Å². The van der Waals surface area contributed by atoms with Crippen LogP contribution in [0.1, 0.15) is 37.0 Å². The summed E-state index contributed by atoms with van der Waals surface area (Å²) in [5, 5.41) is 11.3. The predicted molar refractivity (Wildman–Crippen MR) is 108 cm³/mol. The van der Waals surface area contributed by atoms with Crippen molar-refractivity contribution in [3.05, 3.63) is 59.9 Å². The Morgan fingerprint density at radius 3 is 2.31 bits per heavy atom. The molecular weight excluding hydrogens is 374 g/mol. The van der Waals surface area contributed by atoms with Gasteiger partial charge in [-0.3, -0.25) is 4.79 Å². The Morgan fingerprint density at radius 2 is 1.69 bits per heavy atom. The van der Waals surface area contributed by atoms with Crippen molar-refractivity contribution in [3.63, 3.8) is 0 Å². The quantitative estimate of drug-likeness (QED) is 0.628. The molecule has 0 aliphatic carbocycles. The molecule has 0 spiro atoms. The number of rotatable bonds is 5. The molecule has 0 saturated carbocycles. The monoisotopic (exact) mass is 397 g/mol. The Bertz CT molecular complexity index is 1000. The van der Waals surface area contributed by atoms with Crippen molar-refractivity contribution in [3.8, 4) is 17.2 Å². The van der Waals surface area contributed by atoms with Gasteiger partial charge in [0.2, 0.25) is 0 Å². The Kier molecular flexibility index (Phi) is 7.54. The second-order valence-corrected chi connectivity index (χ2v) is 5.65. The number of benzene rings is 2. The number of aromatic nitrogens is 1. The lowest BCUT2D eigenvalue weighted by molar-refractivity contribution is -0.142. The molecule has 0 fully saturated rings. The molecule has 1 heterocycles. The van der Waals surface area contributed by atoms with E-state index in [-0.39, 0.29) is 18.1 Å². The number of carbonyl (C=O) groups is 2. The van der Waals surface area contributed by atoms with Gasteiger partial charge in [-0.2, -0.15) is 0 Å². The number of fused-ring (bicyclic) bond motifs is 1. The Morgan fingerprint density at radius 1 is 1.00 bits per heavy atom. The molecule has 0 atom stereocenters. The molecule has 0 aliphatic heterocycles. The largest absolute Gasteiger partial charge is 0.505 e. The van der Waals surface area contributed by atoms with Crippen LogP contribution < -0.4 is 4.74 Å². The van der Waals surface area contributed by atoms with Crippen LogP contribution in [0, 0.1) is 0 Å². The number of aromatic hydroxyl groups is 1. The highest BCUT2D eigenvalue weighted by Gasteiger charge is 2.20. The molecule has 1 aromatic heterocycles. The van der Waals surface area contributed by atoms with Crippen LogP contribution in [0.25, 0.3) is 10.8 Å². The van der Waals surface area contributed by atoms with E-state index in [1.165, 1.54) is 14.0 Å². The third kappa shape index (κ3) is 5.22. The van der Waals surface area contributed by atoms with E-state index in [9.17, 15) is 14.7 Å². The molecule has 0 bridgehead atoms. The predicted octanol–water partition coefficient (Wildman–Crippen LogP) is 4.61. The lowest BCUT2D eigenvalue weighted by Gasteiger charge is -2.13. The van der Waals surface area contributed by atoms with Crippen molar-refractivity contribution in [1.29, 1.82) is 0 Å². The number of ether oxygens (including phenoxy) is 3. The summed E-state index contributed by atoms with van der Waals surface area (Å²) in [6.07, 6.45) is 0. The summed E-state index contributed by atoms with van der Waals surface area (Å²) in [5.41, 5.74) is 0.0563. The highest BCUT2D eigenvalue weighted by molar-refractivity contribution is 6.00. The third-order valence-corrected chi connectivity index (χ3v) is 3.80. The van der Waals surface area contributed by atoms with Crippen LogP contribution >= 0.6 is 0 Å². The van der Waals surface area contributed by atoms with Gasteiger partial charge >= 0.3 is 11.9 Å². The van der Waals surface area contributed by atoms with E-state index in [2.05, 4.69) is 9.72 Å². The second kappa shape index (κ2) is 10.1. The lowest BCUT2D eigenvalue weighted by atomic mass is 10.1. The smallest absolute Gasteiger partial charge is 0.360 e. The molecule has 0 saturated heterocycles. The molecule has 7 nitrogen and oxygen atoms in total. The molecule has 3 rings (SSSR count). The van der Waals surface area contributed by atoms with Gasteiger partial charge in [-0.25, -0.2) is 9.78 Å². The van der Waals surface area contributed by atoms with Crippen LogP contribution in [-0.2, 0) is 20.9 Å². The van der Waals surface area contributed by atoms with Gasteiger partial charge in [0.1, 0.15) is 18.1 Å². The van der Waals surface area contributed by atoms with Crippen LogP contribution in [-0.4, -0.2) is 29.1 Å². The molecule has 152 valence electrons. The number of pyridine rings is 1. The standard InChI is InChI=1S/C20H17NO6.C2H6/c1-12(22)26-11-17-16-10-14(27-13-6-4-3-5-7-13)8-9-15(16)19(23)18(21-17)20(24)25-2;1-2/h3-10,23H,11H2,1-2H3;1-2H3. The van der Waals surface area contributed by atoms with Gasteiger partial charge in [0.05, 0.1) is 12.8 Å². The minimum atomic E-state index is -0.789. The molecule has 0 amide bonds. The first-order chi connectivity index (χ1) is 14.0. The summed E-state index contributed by atoms with van der Waals surface area (Å²) in [6, 6.07) is 14.1. The van der Waals surface area contributed by atoms with Crippen LogP contribution in [0.4, 0.5) is 0 Å². The number of hydrogen-bond donors (Lipinski definition) is 1. The van der Waals surface area contributed by atoms with Crippen LogP contribution in [0.3, 0.4) is 0 Å². The highest BCUT2D eigenvalue weighted by Crippen LogP contribution is 2.34. The van der Waals surface area contributed by atoms with Gasteiger partial charge < -0.3 is 19.3 Å². The number of methoxy groups -OCH3 is 1. The van der Waals surface area contributed by atoms with E-state index in [1.54, 1.807) is 30.3 Å². The zero-order valence-corrected chi connectivity index (χ0v) is 16.8. The summed E-state index contributed by atoms with van der Waals surface area (Å²) >= 11 is 0. The SMILES string of the molecule is CC.COC(=O)c1nc(COC(C)=O)c2cc(Oc3ccccc3)ccc2c1O. The summed E-state index contributed by atoms with van der Waals surface area (Å²) in [5.74, 6) is -0.446. The molecule has 0 radical (unpaired) electrons. The minimum absolute atomic E-state index is 0.162. The van der Waals surface area contributed by atoms with Gasteiger partial charge in [-0.15, -0.1) is 0 Å². The molecule has 3 aromatic rings. The van der Waals surface area contributed by atoms with Crippen molar-refractivity contribution in [1.82, 2.24) is 4.98 Å². The Hall–Kier alpha value is -3.61. The summed E-state index contributed by atoms with van der Waals surface area (Å²) in [6.45, 7) is 5.11. The maximum Gasteiger partial charge on any atom is 0.360 e. The number of hydrogen-bond acceptors (Lipinski definition) is 7. The second-order valence-electron chi connectivity index (χ2n) is 5.65. The fourth-order valence-electron chi connectivity index (χ4n) is 2.55. The van der Waals surface area contributed by atoms with E-state index in [0.29, 0.717) is 28.0 Å². The van der Waals surface area contributed by atoms with Crippen LogP contribution in [0.15, 0.2) is 48.5 Å². The number of nitrogens with zero attached hydrogens (tertiary/aromatic N) is 1. The number of esters is 2. The Balaban J connectivity index is 0.00000145. The van der Waals surface area contributed by atoms with Gasteiger partial charge in [0.25, 0.3) is 0 Å². The van der Waals surface area contributed by atoms with E-state index in [0.717, 1.165) is 0 Å². The molecular formula is C22H23NO6. The third-order valence-electron chi connectivity index (χ3n) is 3.80.